The van der Waals surface area contributed by atoms with Gasteiger partial charge in [-0.2, -0.15) is 0 Å². The number of nitrogens with zero attached hydrogens (tertiary/aromatic N) is 1. The molecule has 1 aliphatic heterocycles. The predicted molar refractivity (Wildman–Crippen MR) is 83.0 cm³/mol. The molecule has 2 amide bonds. The number of methoxy groups -OCH3 is 1. The van der Waals surface area contributed by atoms with Crippen molar-refractivity contribution in [3.63, 3.8) is 0 Å². The highest BCUT2D eigenvalue weighted by Crippen LogP contribution is 2.23. The molecular formula is C16H22N2O4. The van der Waals surface area contributed by atoms with Crippen molar-refractivity contribution in [3.05, 3.63) is 24.3 Å². The molecule has 1 saturated heterocycles. The quantitative estimate of drug-likeness (QED) is 0.825. The van der Waals surface area contributed by atoms with Crippen LogP contribution in [0.2, 0.25) is 0 Å². The fourth-order valence-corrected chi connectivity index (χ4v) is 2.40. The van der Waals surface area contributed by atoms with Crippen LogP contribution in [-0.2, 0) is 14.3 Å². The molecule has 0 spiro atoms. The lowest BCUT2D eigenvalue weighted by Gasteiger charge is -2.16. The van der Waals surface area contributed by atoms with E-state index in [9.17, 15) is 9.59 Å². The predicted octanol–water partition coefficient (Wildman–Crippen LogP) is 1.34. The van der Waals surface area contributed by atoms with Gasteiger partial charge in [-0.05, 0) is 37.6 Å². The number of nitrogens with one attached hydrogen (secondary N) is 1. The van der Waals surface area contributed by atoms with Crippen LogP contribution in [-0.4, -0.2) is 44.7 Å². The van der Waals surface area contributed by atoms with Crippen LogP contribution in [0.5, 0.6) is 5.75 Å². The summed E-state index contributed by atoms with van der Waals surface area (Å²) in [6.45, 7) is 3.04. The molecule has 1 N–H and O–H groups in total. The molecular weight excluding hydrogens is 284 g/mol. The standard InChI is InChI=1S/C16H22N2O4/c1-12(10-21-2)17-15(19)11-22-14-7-5-13(6-8-14)18-9-3-4-16(18)20/h5-8,12H,3-4,9-11H2,1-2H3,(H,17,19)/t12-/m0/s1. The van der Waals surface area contributed by atoms with Crippen LogP contribution in [0.15, 0.2) is 24.3 Å². The van der Waals surface area contributed by atoms with E-state index in [0.29, 0.717) is 18.8 Å². The first-order valence-corrected chi connectivity index (χ1v) is 7.41. The number of anilines is 1. The van der Waals surface area contributed by atoms with Crippen molar-refractivity contribution in [2.24, 2.45) is 0 Å². The third-order valence-corrected chi connectivity index (χ3v) is 3.42. The van der Waals surface area contributed by atoms with Crippen molar-refractivity contribution in [2.45, 2.75) is 25.8 Å². The Bertz CT molecular complexity index is 515. The number of ether oxygens (including phenoxy) is 2. The lowest BCUT2D eigenvalue weighted by atomic mass is 10.3. The maximum atomic E-state index is 11.7. The van der Waals surface area contributed by atoms with Crippen LogP contribution in [0, 0.1) is 0 Å². The summed E-state index contributed by atoms with van der Waals surface area (Å²) in [6, 6.07) is 7.16. The molecule has 1 fully saturated rings. The molecule has 1 aliphatic rings. The minimum Gasteiger partial charge on any atom is -0.484 e. The second-order valence-corrected chi connectivity index (χ2v) is 5.36. The number of hydrogen-bond acceptors (Lipinski definition) is 4. The van der Waals surface area contributed by atoms with Gasteiger partial charge in [-0.1, -0.05) is 0 Å². The Hall–Kier alpha value is -2.08. The number of amides is 2. The second-order valence-electron chi connectivity index (χ2n) is 5.36. The van der Waals surface area contributed by atoms with E-state index in [4.69, 9.17) is 9.47 Å². The highest BCUT2D eigenvalue weighted by Gasteiger charge is 2.21. The average molecular weight is 306 g/mol. The third-order valence-electron chi connectivity index (χ3n) is 3.42. The molecule has 0 aromatic heterocycles. The lowest BCUT2D eigenvalue weighted by molar-refractivity contribution is -0.124. The Morgan fingerprint density at radius 3 is 2.68 bits per heavy atom. The van der Waals surface area contributed by atoms with Crippen LogP contribution in [0.25, 0.3) is 0 Å². The van der Waals surface area contributed by atoms with Gasteiger partial charge in [-0.15, -0.1) is 0 Å². The Morgan fingerprint density at radius 2 is 2.09 bits per heavy atom. The zero-order valence-corrected chi connectivity index (χ0v) is 13.0. The van der Waals surface area contributed by atoms with Crippen molar-refractivity contribution < 1.29 is 19.1 Å². The summed E-state index contributed by atoms with van der Waals surface area (Å²) in [5, 5.41) is 2.77. The highest BCUT2D eigenvalue weighted by molar-refractivity contribution is 5.95. The molecule has 1 aromatic rings. The monoisotopic (exact) mass is 306 g/mol. The highest BCUT2D eigenvalue weighted by atomic mass is 16.5. The molecule has 0 aliphatic carbocycles. The van der Waals surface area contributed by atoms with E-state index in [2.05, 4.69) is 5.32 Å². The summed E-state index contributed by atoms with van der Waals surface area (Å²) in [6.07, 6.45) is 1.51. The molecule has 2 rings (SSSR count). The van der Waals surface area contributed by atoms with Gasteiger partial charge in [0, 0.05) is 31.8 Å². The normalized spacial score (nSPS) is 15.7. The molecule has 1 atom stereocenters. The van der Waals surface area contributed by atoms with Gasteiger partial charge in [-0.25, -0.2) is 0 Å². The fourth-order valence-electron chi connectivity index (χ4n) is 2.40. The van der Waals surface area contributed by atoms with Gasteiger partial charge in [0.1, 0.15) is 5.75 Å². The molecule has 6 heteroatoms. The molecule has 0 radical (unpaired) electrons. The first-order chi connectivity index (χ1) is 10.6. The molecule has 1 aromatic carbocycles. The number of rotatable bonds is 7. The minimum atomic E-state index is -0.191. The first-order valence-electron chi connectivity index (χ1n) is 7.41. The van der Waals surface area contributed by atoms with Crippen LogP contribution in [0.4, 0.5) is 5.69 Å². The van der Waals surface area contributed by atoms with E-state index in [1.54, 1.807) is 24.1 Å². The second kappa shape index (κ2) is 7.79. The minimum absolute atomic E-state index is 0.0456. The molecule has 6 nitrogen and oxygen atoms in total. The van der Waals surface area contributed by atoms with Crippen molar-refractivity contribution >= 4 is 17.5 Å². The topological polar surface area (TPSA) is 67.9 Å². The van der Waals surface area contributed by atoms with Crippen LogP contribution in [0.1, 0.15) is 19.8 Å². The maximum absolute atomic E-state index is 11.7. The van der Waals surface area contributed by atoms with E-state index < -0.39 is 0 Å². The molecule has 22 heavy (non-hydrogen) atoms. The zero-order chi connectivity index (χ0) is 15.9. The summed E-state index contributed by atoms with van der Waals surface area (Å²) in [5.41, 5.74) is 0.869. The van der Waals surface area contributed by atoms with Crippen molar-refractivity contribution in [2.75, 3.05) is 31.8 Å². The molecule has 0 unspecified atom stereocenters. The summed E-state index contributed by atoms with van der Waals surface area (Å²) in [4.78, 5) is 25.1. The van der Waals surface area contributed by atoms with Gasteiger partial charge in [0.05, 0.1) is 6.61 Å². The van der Waals surface area contributed by atoms with Crippen LogP contribution in [0.3, 0.4) is 0 Å². The summed E-state index contributed by atoms with van der Waals surface area (Å²) in [5.74, 6) is 0.563. The van der Waals surface area contributed by atoms with Crippen molar-refractivity contribution in [3.8, 4) is 5.75 Å². The number of carbonyl (C=O) groups is 2. The van der Waals surface area contributed by atoms with Crippen LogP contribution < -0.4 is 15.0 Å². The average Bonchev–Trinajstić information content (AvgIpc) is 2.92. The summed E-state index contributed by atoms with van der Waals surface area (Å²) < 4.78 is 10.4. The largest absolute Gasteiger partial charge is 0.484 e. The number of carbonyl (C=O) groups excluding carboxylic acids is 2. The Labute approximate surface area is 130 Å². The van der Waals surface area contributed by atoms with E-state index in [0.717, 1.165) is 18.7 Å². The maximum Gasteiger partial charge on any atom is 0.258 e. The third kappa shape index (κ3) is 4.46. The van der Waals surface area contributed by atoms with E-state index in [-0.39, 0.29) is 24.5 Å². The van der Waals surface area contributed by atoms with E-state index in [1.165, 1.54) is 0 Å². The number of benzene rings is 1. The van der Waals surface area contributed by atoms with Crippen molar-refractivity contribution in [1.82, 2.24) is 5.32 Å². The van der Waals surface area contributed by atoms with Gasteiger partial charge < -0.3 is 19.7 Å². The summed E-state index contributed by atoms with van der Waals surface area (Å²) >= 11 is 0. The Balaban J connectivity index is 1.81. The SMILES string of the molecule is COC[C@H](C)NC(=O)COc1ccc(N2CCCC2=O)cc1. The molecule has 120 valence electrons. The van der Waals surface area contributed by atoms with Crippen LogP contribution >= 0.6 is 0 Å². The van der Waals surface area contributed by atoms with Gasteiger partial charge in [-0.3, -0.25) is 9.59 Å². The Kier molecular flexibility index (Phi) is 5.77. The smallest absolute Gasteiger partial charge is 0.258 e. The Morgan fingerprint density at radius 1 is 1.36 bits per heavy atom. The van der Waals surface area contributed by atoms with Crippen molar-refractivity contribution in [1.29, 1.82) is 0 Å². The summed E-state index contributed by atoms with van der Waals surface area (Å²) in [7, 11) is 1.59. The number of hydrogen-bond donors (Lipinski definition) is 1. The van der Waals surface area contributed by atoms with E-state index in [1.807, 2.05) is 19.1 Å². The lowest BCUT2D eigenvalue weighted by Crippen LogP contribution is -2.38. The van der Waals surface area contributed by atoms with Gasteiger partial charge in [0.2, 0.25) is 5.91 Å². The molecule has 0 saturated carbocycles. The van der Waals surface area contributed by atoms with Gasteiger partial charge in [0.25, 0.3) is 5.91 Å². The molecule has 0 bridgehead atoms. The fraction of sp³-hybridized carbons (Fsp3) is 0.500. The molecule has 1 heterocycles. The van der Waals surface area contributed by atoms with E-state index >= 15 is 0 Å². The van der Waals surface area contributed by atoms with Gasteiger partial charge >= 0.3 is 0 Å². The first kappa shape index (κ1) is 16.3. The van der Waals surface area contributed by atoms with Gasteiger partial charge in [0.15, 0.2) is 6.61 Å². The zero-order valence-electron chi connectivity index (χ0n) is 13.0.